The molecule has 0 bridgehead atoms. The molecule has 1 heterocycles. The molecule has 3 rings (SSSR count). The van der Waals surface area contributed by atoms with Crippen LogP contribution in [0.2, 0.25) is 5.02 Å². The van der Waals surface area contributed by atoms with Crippen molar-refractivity contribution >= 4 is 22.6 Å². The molecular formula is C13H6ClF3N2. The van der Waals surface area contributed by atoms with Crippen LogP contribution >= 0.6 is 11.6 Å². The van der Waals surface area contributed by atoms with Crippen LogP contribution in [0.3, 0.4) is 0 Å². The van der Waals surface area contributed by atoms with Gasteiger partial charge in [0.1, 0.15) is 17.2 Å². The molecule has 0 amide bonds. The number of imidazole rings is 1. The molecule has 3 aromatic rings. The van der Waals surface area contributed by atoms with Crippen molar-refractivity contribution in [3.63, 3.8) is 0 Å². The summed E-state index contributed by atoms with van der Waals surface area (Å²) < 4.78 is 40.0. The maximum atomic E-state index is 13.5. The van der Waals surface area contributed by atoms with Crippen LogP contribution in [0.1, 0.15) is 0 Å². The average molecular weight is 283 g/mol. The number of benzene rings is 2. The number of hydrogen-bond acceptors (Lipinski definition) is 1. The summed E-state index contributed by atoms with van der Waals surface area (Å²) in [6, 6.07) is 6.55. The van der Waals surface area contributed by atoms with E-state index in [1.165, 1.54) is 24.3 Å². The van der Waals surface area contributed by atoms with Crippen molar-refractivity contribution in [1.29, 1.82) is 0 Å². The Morgan fingerprint density at radius 3 is 2.58 bits per heavy atom. The van der Waals surface area contributed by atoms with Crippen molar-refractivity contribution in [2.45, 2.75) is 0 Å². The van der Waals surface area contributed by atoms with Crippen LogP contribution in [0.25, 0.3) is 22.4 Å². The summed E-state index contributed by atoms with van der Waals surface area (Å²) in [6.07, 6.45) is 0. The number of H-pyrrole nitrogens is 1. The van der Waals surface area contributed by atoms with Gasteiger partial charge in [-0.15, -0.1) is 0 Å². The Labute approximate surface area is 110 Å². The van der Waals surface area contributed by atoms with Gasteiger partial charge in [0, 0.05) is 5.56 Å². The molecule has 96 valence electrons. The van der Waals surface area contributed by atoms with Crippen LogP contribution in [0.15, 0.2) is 30.3 Å². The average Bonchev–Trinajstić information content (AvgIpc) is 2.82. The molecule has 2 aromatic carbocycles. The van der Waals surface area contributed by atoms with E-state index in [9.17, 15) is 13.2 Å². The number of rotatable bonds is 1. The molecule has 0 saturated carbocycles. The molecule has 6 heteroatoms. The Morgan fingerprint density at radius 1 is 1.00 bits per heavy atom. The summed E-state index contributed by atoms with van der Waals surface area (Å²) in [6.45, 7) is 0. The Balaban J connectivity index is 2.27. The van der Waals surface area contributed by atoms with Crippen LogP contribution < -0.4 is 0 Å². The summed E-state index contributed by atoms with van der Waals surface area (Å²) in [5.41, 5.74) is 0.460. The fourth-order valence-corrected chi connectivity index (χ4v) is 2.05. The molecule has 0 spiro atoms. The molecule has 1 N–H and O–H groups in total. The van der Waals surface area contributed by atoms with Gasteiger partial charge in [-0.05, 0) is 24.3 Å². The first-order valence-corrected chi connectivity index (χ1v) is 5.74. The smallest absolute Gasteiger partial charge is 0.186 e. The summed E-state index contributed by atoms with van der Waals surface area (Å²) in [5.74, 6) is -2.46. The van der Waals surface area contributed by atoms with Crippen molar-refractivity contribution in [3.05, 3.63) is 52.8 Å². The van der Waals surface area contributed by atoms with Crippen LogP contribution in [0.5, 0.6) is 0 Å². The van der Waals surface area contributed by atoms with Crippen LogP contribution in [-0.2, 0) is 0 Å². The second kappa shape index (κ2) is 4.28. The summed E-state index contributed by atoms with van der Waals surface area (Å²) >= 11 is 5.82. The molecule has 0 fully saturated rings. The lowest BCUT2D eigenvalue weighted by Gasteiger charge is -2.00. The van der Waals surface area contributed by atoms with Crippen molar-refractivity contribution < 1.29 is 13.2 Å². The lowest BCUT2D eigenvalue weighted by Crippen LogP contribution is -1.86. The second-order valence-electron chi connectivity index (χ2n) is 3.94. The van der Waals surface area contributed by atoms with E-state index in [2.05, 4.69) is 9.97 Å². The third kappa shape index (κ3) is 1.86. The van der Waals surface area contributed by atoms with Crippen LogP contribution in [0, 0.1) is 17.5 Å². The highest BCUT2D eigenvalue weighted by Crippen LogP contribution is 2.30. The molecular weight excluding hydrogens is 277 g/mol. The van der Waals surface area contributed by atoms with E-state index >= 15 is 0 Å². The summed E-state index contributed by atoms with van der Waals surface area (Å²) in [5, 5.41) is -0.123. The maximum absolute atomic E-state index is 13.5. The van der Waals surface area contributed by atoms with Crippen LogP contribution in [0.4, 0.5) is 13.2 Å². The number of nitrogens with one attached hydrogen (secondary N) is 1. The SMILES string of the molecule is Fc1cccc(-c2nc3c(F)c(F)ccc3[nH]2)c1Cl. The van der Waals surface area contributed by atoms with E-state index in [1.807, 2.05) is 0 Å². The van der Waals surface area contributed by atoms with E-state index in [0.29, 0.717) is 5.52 Å². The number of aromatic amines is 1. The van der Waals surface area contributed by atoms with E-state index in [1.54, 1.807) is 0 Å². The minimum Gasteiger partial charge on any atom is -0.338 e. The zero-order valence-corrected chi connectivity index (χ0v) is 10.1. The van der Waals surface area contributed by atoms with Gasteiger partial charge in [0.25, 0.3) is 0 Å². The summed E-state index contributed by atoms with van der Waals surface area (Å²) in [4.78, 5) is 6.70. The minimum atomic E-state index is -1.05. The monoisotopic (exact) mass is 282 g/mol. The predicted octanol–water partition coefficient (Wildman–Crippen LogP) is 4.30. The lowest BCUT2D eigenvalue weighted by molar-refractivity contribution is 0.515. The Kier molecular flexibility index (Phi) is 2.71. The third-order valence-corrected chi connectivity index (χ3v) is 3.14. The van der Waals surface area contributed by atoms with Crippen molar-refractivity contribution in [2.75, 3.05) is 0 Å². The molecule has 19 heavy (non-hydrogen) atoms. The highest BCUT2D eigenvalue weighted by atomic mass is 35.5. The molecule has 0 saturated heterocycles. The normalized spacial score (nSPS) is 11.2. The van der Waals surface area contributed by atoms with E-state index in [0.717, 1.165) is 6.07 Å². The molecule has 0 aliphatic heterocycles. The zero-order chi connectivity index (χ0) is 13.6. The number of hydrogen-bond donors (Lipinski definition) is 1. The molecule has 2 nitrogen and oxygen atoms in total. The van der Waals surface area contributed by atoms with E-state index in [4.69, 9.17) is 11.6 Å². The number of halogens is 4. The van der Waals surface area contributed by atoms with Gasteiger partial charge in [-0.25, -0.2) is 18.2 Å². The van der Waals surface area contributed by atoms with Crippen molar-refractivity contribution in [3.8, 4) is 11.4 Å². The van der Waals surface area contributed by atoms with E-state index in [-0.39, 0.29) is 21.9 Å². The fourth-order valence-electron chi connectivity index (χ4n) is 1.83. The zero-order valence-electron chi connectivity index (χ0n) is 9.35. The maximum Gasteiger partial charge on any atom is 0.186 e. The lowest BCUT2D eigenvalue weighted by atomic mass is 10.2. The number of fused-ring (bicyclic) bond motifs is 1. The molecule has 0 radical (unpaired) electrons. The van der Waals surface area contributed by atoms with Crippen molar-refractivity contribution in [1.82, 2.24) is 9.97 Å². The first kappa shape index (κ1) is 12.0. The van der Waals surface area contributed by atoms with Gasteiger partial charge in [0.05, 0.1) is 10.5 Å². The third-order valence-electron chi connectivity index (χ3n) is 2.75. The highest BCUT2D eigenvalue weighted by Gasteiger charge is 2.15. The van der Waals surface area contributed by atoms with Gasteiger partial charge in [0.2, 0.25) is 0 Å². The predicted molar refractivity (Wildman–Crippen MR) is 66.4 cm³/mol. The minimum absolute atomic E-state index is 0.123. The van der Waals surface area contributed by atoms with Crippen LogP contribution in [-0.4, -0.2) is 9.97 Å². The second-order valence-corrected chi connectivity index (χ2v) is 4.32. The number of aromatic nitrogens is 2. The van der Waals surface area contributed by atoms with Gasteiger partial charge in [-0.1, -0.05) is 17.7 Å². The van der Waals surface area contributed by atoms with E-state index < -0.39 is 17.5 Å². The molecule has 0 aliphatic carbocycles. The Hall–Kier alpha value is -2.01. The molecule has 0 aliphatic rings. The first-order chi connectivity index (χ1) is 9.08. The van der Waals surface area contributed by atoms with Crippen molar-refractivity contribution in [2.24, 2.45) is 0 Å². The Bertz CT molecular complexity index is 783. The molecule has 0 atom stereocenters. The Morgan fingerprint density at radius 2 is 1.79 bits per heavy atom. The largest absolute Gasteiger partial charge is 0.338 e. The quantitative estimate of drug-likeness (QED) is 0.708. The van der Waals surface area contributed by atoms with Gasteiger partial charge >= 0.3 is 0 Å². The van der Waals surface area contributed by atoms with Gasteiger partial charge < -0.3 is 4.98 Å². The number of nitrogens with zero attached hydrogens (tertiary/aromatic N) is 1. The van der Waals surface area contributed by atoms with Gasteiger partial charge in [0.15, 0.2) is 11.6 Å². The van der Waals surface area contributed by atoms with Gasteiger partial charge in [-0.2, -0.15) is 0 Å². The standard InChI is InChI=1S/C13H6ClF3N2/c14-10-6(2-1-3-7(10)15)13-18-9-5-4-8(16)11(17)12(9)19-13/h1-5H,(H,18,19). The molecule has 0 unspecified atom stereocenters. The molecule has 1 aromatic heterocycles. The topological polar surface area (TPSA) is 28.7 Å². The summed E-state index contributed by atoms with van der Waals surface area (Å²) in [7, 11) is 0. The fraction of sp³-hybridized carbons (Fsp3) is 0. The van der Waals surface area contributed by atoms with Gasteiger partial charge in [-0.3, -0.25) is 0 Å². The highest BCUT2D eigenvalue weighted by molar-refractivity contribution is 6.33. The first-order valence-electron chi connectivity index (χ1n) is 5.36.